The average Bonchev–Trinajstić information content (AvgIpc) is 3.20. The van der Waals surface area contributed by atoms with Crippen molar-refractivity contribution in [2.24, 2.45) is 5.73 Å². The van der Waals surface area contributed by atoms with Crippen LogP contribution in [-0.4, -0.2) is 39.8 Å². The Labute approximate surface area is 189 Å². The molecule has 1 atom stereocenters. The molecule has 3 heterocycles. The first-order valence-corrected chi connectivity index (χ1v) is 10.8. The van der Waals surface area contributed by atoms with Crippen LogP contribution in [-0.2, 0) is 12.7 Å². The van der Waals surface area contributed by atoms with Crippen LogP contribution in [0.2, 0.25) is 0 Å². The summed E-state index contributed by atoms with van der Waals surface area (Å²) in [7, 11) is 0. The summed E-state index contributed by atoms with van der Waals surface area (Å²) in [5, 5.41) is 19.8. The second-order valence-corrected chi connectivity index (χ2v) is 8.61. The Kier molecular flexibility index (Phi) is 5.85. The van der Waals surface area contributed by atoms with E-state index in [2.05, 4.69) is 4.98 Å². The van der Waals surface area contributed by atoms with Gasteiger partial charge in [-0.1, -0.05) is 12.1 Å². The topological polar surface area (TPSA) is 125 Å². The molecular weight excluding hydrogens is 459 g/mol. The van der Waals surface area contributed by atoms with E-state index in [0.29, 0.717) is 30.8 Å². The number of thiophene rings is 1. The largest absolute Gasteiger partial charge is 0.478 e. The lowest BCUT2D eigenvalue weighted by molar-refractivity contribution is -0.136. The van der Waals surface area contributed by atoms with E-state index in [1.807, 2.05) is 6.07 Å². The van der Waals surface area contributed by atoms with Crippen molar-refractivity contribution in [2.75, 3.05) is 18.0 Å². The number of hydrogen-bond donors (Lipinski definition) is 2. The van der Waals surface area contributed by atoms with Crippen LogP contribution in [0.5, 0.6) is 0 Å². The van der Waals surface area contributed by atoms with E-state index >= 15 is 0 Å². The van der Waals surface area contributed by atoms with E-state index in [4.69, 9.17) is 5.73 Å². The van der Waals surface area contributed by atoms with Gasteiger partial charge in [-0.05, 0) is 24.5 Å². The highest BCUT2D eigenvalue weighted by atomic mass is 32.1. The molecule has 0 amide bonds. The third kappa shape index (κ3) is 4.17. The number of nitrogens with two attached hydrogens (primary N) is 1. The SMILES string of the molecule is N#Cc1c(Cn2c(N3CCCC(N)C3)nc3c(C(F)(F)F)csc3c2=O)cccc1C(=O)O. The maximum Gasteiger partial charge on any atom is 0.419 e. The lowest BCUT2D eigenvalue weighted by Crippen LogP contribution is -2.45. The summed E-state index contributed by atoms with van der Waals surface area (Å²) in [5.41, 5.74) is 3.84. The number of fused-ring (bicyclic) bond motifs is 1. The van der Waals surface area contributed by atoms with E-state index in [-0.39, 0.29) is 39.9 Å². The minimum Gasteiger partial charge on any atom is -0.478 e. The van der Waals surface area contributed by atoms with Gasteiger partial charge in [0.25, 0.3) is 5.56 Å². The van der Waals surface area contributed by atoms with Crippen molar-refractivity contribution in [1.29, 1.82) is 5.26 Å². The Hall–Kier alpha value is -3.43. The normalized spacial score (nSPS) is 16.7. The summed E-state index contributed by atoms with van der Waals surface area (Å²) < 4.78 is 41.6. The number of halogens is 3. The molecule has 1 fully saturated rings. The zero-order valence-electron chi connectivity index (χ0n) is 17.1. The predicted octanol–water partition coefficient (Wildman–Crippen LogP) is 3.02. The van der Waals surface area contributed by atoms with Crippen LogP contribution in [0.4, 0.5) is 19.1 Å². The van der Waals surface area contributed by atoms with Crippen LogP contribution >= 0.6 is 11.3 Å². The molecule has 0 aliphatic carbocycles. The van der Waals surface area contributed by atoms with Gasteiger partial charge in [0.05, 0.1) is 23.2 Å². The summed E-state index contributed by atoms with van der Waals surface area (Å²) in [4.78, 5) is 30.8. The number of carboxylic acid groups (broad SMARTS) is 1. The van der Waals surface area contributed by atoms with Crippen molar-refractivity contribution in [3.63, 3.8) is 0 Å². The molecule has 0 radical (unpaired) electrons. The highest BCUT2D eigenvalue weighted by Gasteiger charge is 2.36. The van der Waals surface area contributed by atoms with E-state index in [1.165, 1.54) is 22.8 Å². The molecule has 2 aromatic heterocycles. The van der Waals surface area contributed by atoms with Crippen LogP contribution in [0.25, 0.3) is 10.2 Å². The minimum atomic E-state index is -4.68. The Morgan fingerprint density at radius 1 is 1.39 bits per heavy atom. The molecule has 0 bridgehead atoms. The number of carboxylic acids is 1. The second-order valence-electron chi connectivity index (χ2n) is 7.73. The van der Waals surface area contributed by atoms with Crippen LogP contribution in [0.3, 0.4) is 0 Å². The van der Waals surface area contributed by atoms with Gasteiger partial charge in [0, 0.05) is 24.5 Å². The van der Waals surface area contributed by atoms with Crippen molar-refractivity contribution < 1.29 is 23.1 Å². The van der Waals surface area contributed by atoms with Crippen LogP contribution in [0.15, 0.2) is 28.4 Å². The van der Waals surface area contributed by atoms with Crippen LogP contribution in [0, 0.1) is 11.3 Å². The van der Waals surface area contributed by atoms with Gasteiger partial charge in [-0.2, -0.15) is 18.4 Å². The Morgan fingerprint density at radius 3 is 2.79 bits per heavy atom. The summed E-state index contributed by atoms with van der Waals surface area (Å²) in [5.74, 6) is -1.29. The maximum atomic E-state index is 13.5. The molecule has 1 aliphatic rings. The van der Waals surface area contributed by atoms with Gasteiger partial charge in [0.2, 0.25) is 5.95 Å². The van der Waals surface area contributed by atoms with Gasteiger partial charge < -0.3 is 15.7 Å². The number of anilines is 1. The van der Waals surface area contributed by atoms with Gasteiger partial charge in [0.1, 0.15) is 16.3 Å². The lowest BCUT2D eigenvalue weighted by atomic mass is 10.0. The maximum absolute atomic E-state index is 13.5. The van der Waals surface area contributed by atoms with Gasteiger partial charge in [-0.3, -0.25) is 9.36 Å². The number of alkyl halides is 3. The van der Waals surface area contributed by atoms with E-state index in [0.717, 1.165) is 11.8 Å². The summed E-state index contributed by atoms with van der Waals surface area (Å²) in [6.07, 6.45) is -3.28. The number of carbonyl (C=O) groups is 1. The molecule has 12 heteroatoms. The van der Waals surface area contributed by atoms with Crippen molar-refractivity contribution in [3.8, 4) is 6.07 Å². The first-order valence-electron chi connectivity index (χ1n) is 9.97. The Morgan fingerprint density at radius 2 is 2.15 bits per heavy atom. The Balaban J connectivity index is 1.94. The molecule has 3 aromatic rings. The van der Waals surface area contributed by atoms with Gasteiger partial charge >= 0.3 is 12.1 Å². The van der Waals surface area contributed by atoms with Gasteiger partial charge in [-0.15, -0.1) is 11.3 Å². The number of aromatic nitrogens is 2. The standard InChI is InChI=1S/C21H18F3N5O3S/c22-21(23,24)15-10-33-17-16(15)27-20(28-6-2-4-12(26)9-28)29(18(17)30)8-11-3-1-5-13(19(31)32)14(11)7-25/h1,3,5,10,12H,2,4,6,8-9,26H2,(H,31,32). The molecule has 33 heavy (non-hydrogen) atoms. The molecule has 0 saturated carbocycles. The molecule has 1 aromatic carbocycles. The minimum absolute atomic E-state index is 0.0103. The molecule has 1 unspecified atom stereocenters. The predicted molar refractivity (Wildman–Crippen MR) is 116 cm³/mol. The molecule has 1 saturated heterocycles. The zero-order valence-corrected chi connectivity index (χ0v) is 17.9. The fraction of sp³-hybridized carbons (Fsp3) is 0.333. The lowest BCUT2D eigenvalue weighted by Gasteiger charge is -2.33. The number of benzene rings is 1. The third-order valence-corrected chi connectivity index (χ3v) is 6.48. The third-order valence-electron chi connectivity index (χ3n) is 5.52. The monoisotopic (exact) mass is 477 g/mol. The van der Waals surface area contributed by atoms with Gasteiger partial charge in [0.15, 0.2) is 0 Å². The van der Waals surface area contributed by atoms with Crippen LogP contribution < -0.4 is 16.2 Å². The van der Waals surface area contributed by atoms with Crippen molar-refractivity contribution in [3.05, 3.63) is 56.2 Å². The molecule has 172 valence electrons. The summed E-state index contributed by atoms with van der Waals surface area (Å²) in [6.45, 7) is 0.507. The fourth-order valence-corrected chi connectivity index (χ4v) is 4.94. The van der Waals surface area contributed by atoms with E-state index in [1.54, 1.807) is 4.90 Å². The Bertz CT molecular complexity index is 1340. The zero-order chi connectivity index (χ0) is 23.9. The number of piperidine rings is 1. The molecule has 4 rings (SSSR count). The molecule has 8 nitrogen and oxygen atoms in total. The van der Waals surface area contributed by atoms with Crippen molar-refractivity contribution in [1.82, 2.24) is 9.55 Å². The molecule has 1 aliphatic heterocycles. The number of aromatic carboxylic acids is 1. The van der Waals surface area contributed by atoms with Crippen LogP contribution in [0.1, 0.15) is 39.9 Å². The molecule has 3 N–H and O–H groups in total. The fourth-order valence-electron chi connectivity index (χ4n) is 3.98. The highest BCUT2D eigenvalue weighted by Crippen LogP contribution is 2.37. The summed E-state index contributed by atoms with van der Waals surface area (Å²) in [6, 6.07) is 5.83. The first kappa shape index (κ1) is 22.8. The van der Waals surface area contributed by atoms with Gasteiger partial charge in [-0.25, -0.2) is 9.78 Å². The van der Waals surface area contributed by atoms with E-state index < -0.39 is 28.8 Å². The van der Waals surface area contributed by atoms with E-state index in [9.17, 15) is 33.1 Å². The highest BCUT2D eigenvalue weighted by molar-refractivity contribution is 7.17. The van der Waals surface area contributed by atoms with Crippen molar-refractivity contribution in [2.45, 2.75) is 31.6 Å². The second kappa shape index (κ2) is 8.49. The first-order chi connectivity index (χ1) is 15.6. The quantitative estimate of drug-likeness (QED) is 0.592. The van der Waals surface area contributed by atoms with Crippen molar-refractivity contribution >= 4 is 33.5 Å². The summed E-state index contributed by atoms with van der Waals surface area (Å²) >= 11 is 0.648. The smallest absolute Gasteiger partial charge is 0.419 e. The molecule has 0 spiro atoms. The number of nitriles is 1. The average molecular weight is 477 g/mol. The number of hydrogen-bond acceptors (Lipinski definition) is 7. The molecular formula is C21H18F3N5O3S. The number of rotatable bonds is 4. The number of nitrogens with zero attached hydrogens (tertiary/aromatic N) is 4.